The minimum Gasteiger partial charge on any atom is -0.345 e. The van der Waals surface area contributed by atoms with Crippen LogP contribution in [0, 0.1) is 0 Å². The van der Waals surface area contributed by atoms with Crippen molar-refractivity contribution in [2.75, 3.05) is 26.3 Å². The minimum absolute atomic E-state index is 0.151. The molecule has 1 aromatic carbocycles. The molecule has 1 atom stereocenters. The Hall–Kier alpha value is -2.45. The molecule has 2 saturated heterocycles. The van der Waals surface area contributed by atoms with Gasteiger partial charge in [0.25, 0.3) is 5.91 Å². The van der Waals surface area contributed by atoms with Crippen LogP contribution in [-0.4, -0.2) is 60.1 Å². The van der Waals surface area contributed by atoms with Gasteiger partial charge in [-0.25, -0.2) is 4.39 Å². The molecule has 166 valence electrons. The van der Waals surface area contributed by atoms with E-state index in [0.717, 1.165) is 48.6 Å². The summed E-state index contributed by atoms with van der Waals surface area (Å²) in [7, 11) is 0. The highest BCUT2D eigenvalue weighted by molar-refractivity contribution is 5.79. The molecule has 2 aromatic rings. The summed E-state index contributed by atoms with van der Waals surface area (Å²) in [6.07, 6.45) is 1.38. The van der Waals surface area contributed by atoms with Crippen LogP contribution in [0.2, 0.25) is 0 Å². The molecule has 2 fully saturated rings. The second-order valence-electron chi connectivity index (χ2n) is 8.56. The van der Waals surface area contributed by atoms with E-state index in [1.165, 1.54) is 12.8 Å². The molecule has 0 aliphatic carbocycles. The van der Waals surface area contributed by atoms with Crippen molar-refractivity contribution < 1.29 is 18.0 Å². The summed E-state index contributed by atoms with van der Waals surface area (Å²) in [5, 5.41) is 5.64. The number of hydrogen-bond acceptors (Lipinski definition) is 4. The summed E-state index contributed by atoms with van der Waals surface area (Å²) in [6.45, 7) is 3.22. The van der Waals surface area contributed by atoms with E-state index < -0.39 is 25.0 Å². The molecular formula is C23H27F3N4O. The predicted molar refractivity (Wildman–Crippen MR) is 113 cm³/mol. The highest BCUT2D eigenvalue weighted by Crippen LogP contribution is 2.30. The molecule has 1 aromatic heterocycles. The number of carbonyl (C=O) groups is 1. The van der Waals surface area contributed by atoms with E-state index in [1.807, 2.05) is 47.9 Å². The first-order valence-corrected chi connectivity index (χ1v) is 10.6. The van der Waals surface area contributed by atoms with Gasteiger partial charge in [-0.3, -0.25) is 14.7 Å². The smallest absolute Gasteiger partial charge is 0.315 e. The largest absolute Gasteiger partial charge is 0.345 e. The molecule has 4 rings (SSSR count). The molecule has 5 nitrogen and oxygen atoms in total. The fourth-order valence-corrected chi connectivity index (χ4v) is 4.50. The van der Waals surface area contributed by atoms with Crippen LogP contribution in [0.15, 0.2) is 42.6 Å². The Balaban J connectivity index is 1.31. The van der Waals surface area contributed by atoms with Crippen LogP contribution < -0.4 is 10.6 Å². The zero-order chi connectivity index (χ0) is 21.8. The van der Waals surface area contributed by atoms with Gasteiger partial charge in [0.2, 0.25) is 0 Å². The van der Waals surface area contributed by atoms with Gasteiger partial charge in [0.15, 0.2) is 0 Å². The number of likely N-dealkylation sites (tertiary alicyclic amines) is 1. The molecular weight excluding hydrogens is 405 g/mol. The maximum atomic E-state index is 13.1. The highest BCUT2D eigenvalue weighted by atomic mass is 19.3. The number of rotatable bonds is 8. The zero-order valence-corrected chi connectivity index (χ0v) is 17.3. The third-order valence-electron chi connectivity index (χ3n) is 6.10. The van der Waals surface area contributed by atoms with Crippen molar-refractivity contribution in [3.63, 3.8) is 0 Å². The quantitative estimate of drug-likeness (QED) is 0.674. The Morgan fingerprint density at radius 1 is 1.16 bits per heavy atom. The molecule has 1 spiro atoms. The number of halogens is 3. The van der Waals surface area contributed by atoms with Crippen LogP contribution in [0.25, 0.3) is 11.1 Å². The molecule has 1 unspecified atom stereocenters. The van der Waals surface area contributed by atoms with E-state index in [4.69, 9.17) is 0 Å². The lowest BCUT2D eigenvalue weighted by Gasteiger charge is -2.48. The first-order valence-electron chi connectivity index (χ1n) is 10.6. The first kappa shape index (κ1) is 21.8. The molecule has 1 amide bonds. The highest BCUT2D eigenvalue weighted by Gasteiger charge is 2.44. The van der Waals surface area contributed by atoms with Crippen molar-refractivity contribution in [2.45, 2.75) is 43.8 Å². The normalized spacial score (nSPS) is 18.8. The Morgan fingerprint density at radius 2 is 1.90 bits per heavy atom. The molecule has 0 saturated carbocycles. The van der Waals surface area contributed by atoms with E-state index in [-0.39, 0.29) is 6.42 Å². The minimum atomic E-state index is -3.14. The molecule has 0 radical (unpaired) electrons. The predicted octanol–water partition coefficient (Wildman–Crippen LogP) is 2.95. The summed E-state index contributed by atoms with van der Waals surface area (Å²) in [6, 6.07) is 10.5. The van der Waals surface area contributed by atoms with Crippen molar-refractivity contribution in [2.24, 2.45) is 0 Å². The molecule has 2 aliphatic rings. The average Bonchev–Trinajstić information content (AvgIpc) is 3.24. The maximum Gasteiger partial charge on any atom is 0.315 e. The Bertz CT molecular complexity index is 875. The lowest BCUT2D eigenvalue weighted by molar-refractivity contribution is -0.132. The number of nitrogens with zero attached hydrogens (tertiary/aromatic N) is 2. The van der Waals surface area contributed by atoms with E-state index in [2.05, 4.69) is 15.2 Å². The van der Waals surface area contributed by atoms with Gasteiger partial charge in [-0.05, 0) is 43.0 Å². The summed E-state index contributed by atoms with van der Waals surface area (Å²) in [5.74, 6) is -1.45. The Morgan fingerprint density at radius 3 is 2.48 bits per heavy atom. The summed E-state index contributed by atoms with van der Waals surface area (Å²) < 4.78 is 37.8. The van der Waals surface area contributed by atoms with Crippen LogP contribution in [0.4, 0.5) is 13.2 Å². The second-order valence-corrected chi connectivity index (χ2v) is 8.56. The first-order chi connectivity index (χ1) is 15.0. The lowest BCUT2D eigenvalue weighted by Crippen LogP contribution is -2.66. The molecule has 31 heavy (non-hydrogen) atoms. The third-order valence-corrected chi connectivity index (χ3v) is 6.10. The number of hydrogen-bond donors (Lipinski definition) is 2. The molecule has 2 N–H and O–H groups in total. The van der Waals surface area contributed by atoms with E-state index >= 15 is 0 Å². The lowest BCUT2D eigenvalue weighted by atomic mass is 9.88. The van der Waals surface area contributed by atoms with Crippen LogP contribution in [-0.2, 0) is 17.8 Å². The maximum absolute atomic E-state index is 13.1. The van der Waals surface area contributed by atoms with Crippen molar-refractivity contribution in [3.05, 3.63) is 53.9 Å². The van der Waals surface area contributed by atoms with E-state index in [9.17, 15) is 18.0 Å². The Kier molecular flexibility index (Phi) is 6.57. The van der Waals surface area contributed by atoms with Gasteiger partial charge < -0.3 is 10.6 Å². The fraction of sp³-hybridized carbons (Fsp3) is 0.478. The summed E-state index contributed by atoms with van der Waals surface area (Å²) in [5.41, 5.74) is 4.08. The van der Waals surface area contributed by atoms with E-state index in [1.54, 1.807) is 0 Å². The number of amides is 1. The molecule has 2 aliphatic heterocycles. The number of benzene rings is 1. The van der Waals surface area contributed by atoms with Gasteiger partial charge in [-0.2, -0.15) is 8.78 Å². The van der Waals surface area contributed by atoms with Crippen molar-refractivity contribution in [3.8, 4) is 11.1 Å². The number of carbonyl (C=O) groups excluding carboxylic acids is 1. The third kappa shape index (κ3) is 5.25. The number of aromatic nitrogens is 1. The fourth-order valence-electron chi connectivity index (χ4n) is 4.50. The van der Waals surface area contributed by atoms with Gasteiger partial charge in [-0.1, -0.05) is 30.3 Å². The van der Waals surface area contributed by atoms with Gasteiger partial charge in [0.1, 0.15) is 6.67 Å². The number of pyridine rings is 1. The molecule has 0 bridgehead atoms. The van der Waals surface area contributed by atoms with Crippen LogP contribution in [0.5, 0.6) is 0 Å². The topological polar surface area (TPSA) is 57.3 Å². The van der Waals surface area contributed by atoms with Gasteiger partial charge in [-0.15, -0.1) is 0 Å². The van der Waals surface area contributed by atoms with Crippen LogP contribution in [0.1, 0.15) is 24.1 Å². The van der Waals surface area contributed by atoms with Crippen molar-refractivity contribution in [1.82, 2.24) is 20.5 Å². The monoisotopic (exact) mass is 432 g/mol. The van der Waals surface area contributed by atoms with Crippen LogP contribution >= 0.6 is 0 Å². The van der Waals surface area contributed by atoms with Crippen LogP contribution in [0.3, 0.4) is 0 Å². The van der Waals surface area contributed by atoms with Crippen molar-refractivity contribution >= 4 is 5.91 Å². The average molecular weight is 432 g/mol. The van der Waals surface area contributed by atoms with Gasteiger partial charge >= 0.3 is 6.43 Å². The molecule has 3 heterocycles. The van der Waals surface area contributed by atoms with E-state index in [0.29, 0.717) is 5.54 Å². The zero-order valence-electron chi connectivity index (χ0n) is 17.3. The molecule has 8 heteroatoms. The number of nitrogens with one attached hydrogen (secondary N) is 2. The second kappa shape index (κ2) is 9.36. The summed E-state index contributed by atoms with van der Waals surface area (Å²) in [4.78, 5) is 18.1. The standard InChI is InChI=1S/C23H27F3N4O/c24-11-20(29-22(31)21(25)26)10-16-2-4-17(5-3-16)18-6-7-19(27-12-18)13-30-14-23(15-30)8-1-9-28-23/h2-7,12,20-21,28H,1,8-11,13-15H2,(H,29,31). The van der Waals surface area contributed by atoms with Gasteiger partial charge in [0, 0.05) is 36.9 Å². The van der Waals surface area contributed by atoms with Gasteiger partial charge in [0.05, 0.1) is 11.7 Å². The Labute approximate surface area is 180 Å². The van der Waals surface area contributed by atoms with Crippen molar-refractivity contribution in [1.29, 1.82) is 0 Å². The SMILES string of the molecule is O=C(NC(CF)Cc1ccc(-c2ccc(CN3CC4(CCCN4)C3)nc2)cc1)C(F)F. The summed E-state index contributed by atoms with van der Waals surface area (Å²) >= 11 is 0. The number of alkyl halides is 3.